The number of nitrogens with one attached hydrogen (secondary N) is 1. The third kappa shape index (κ3) is 3.60. The third-order valence-corrected chi connectivity index (χ3v) is 6.80. The number of fused-ring (bicyclic) bond motifs is 2. The van der Waals surface area contributed by atoms with Crippen LogP contribution in [0.2, 0.25) is 0 Å². The van der Waals surface area contributed by atoms with Gasteiger partial charge in [0.15, 0.2) is 10.8 Å². The smallest absolute Gasteiger partial charge is 0.265 e. The second-order valence-electron chi connectivity index (χ2n) is 8.24. The summed E-state index contributed by atoms with van der Waals surface area (Å²) in [7, 11) is 0. The fraction of sp³-hybridized carbons (Fsp3) is 0.250. The van der Waals surface area contributed by atoms with E-state index in [4.69, 9.17) is 4.98 Å². The Kier molecular flexibility index (Phi) is 5.09. The molecule has 0 bridgehead atoms. The number of carbonyl (C=O) groups is 1. The Balaban J connectivity index is 1.45. The van der Waals surface area contributed by atoms with E-state index in [9.17, 15) is 9.59 Å². The molecule has 4 aromatic rings. The first kappa shape index (κ1) is 20.5. The van der Waals surface area contributed by atoms with Crippen LogP contribution in [0.5, 0.6) is 0 Å². The van der Waals surface area contributed by atoms with Crippen LogP contribution in [0.25, 0.3) is 16.7 Å². The Labute approximate surface area is 189 Å². The van der Waals surface area contributed by atoms with Crippen LogP contribution >= 0.6 is 11.8 Å². The van der Waals surface area contributed by atoms with Crippen LogP contribution in [0.3, 0.4) is 0 Å². The summed E-state index contributed by atoms with van der Waals surface area (Å²) in [4.78, 5) is 30.8. The molecule has 7 nitrogen and oxygen atoms in total. The zero-order chi connectivity index (χ0) is 22.4. The number of carbonyl (C=O) groups excluding carboxylic acids is 1. The van der Waals surface area contributed by atoms with Crippen LogP contribution in [0, 0.1) is 20.8 Å². The van der Waals surface area contributed by atoms with E-state index in [0.29, 0.717) is 21.9 Å². The molecule has 1 aliphatic heterocycles. The SMILES string of the molecule is Cc1cccc(-n2ncc3c(=O)n4c(nc32)SCC4CC(=O)Nc2cc(C)ccc2C)c1. The lowest BCUT2D eigenvalue weighted by molar-refractivity contribution is -0.116. The average molecular weight is 446 g/mol. The van der Waals surface area contributed by atoms with Gasteiger partial charge < -0.3 is 5.32 Å². The monoisotopic (exact) mass is 445 g/mol. The molecule has 32 heavy (non-hydrogen) atoms. The zero-order valence-corrected chi connectivity index (χ0v) is 18.9. The van der Waals surface area contributed by atoms with Crippen molar-refractivity contribution >= 4 is 34.4 Å². The molecule has 1 atom stereocenters. The van der Waals surface area contributed by atoms with Crippen molar-refractivity contribution in [2.24, 2.45) is 0 Å². The summed E-state index contributed by atoms with van der Waals surface area (Å²) in [6, 6.07) is 13.6. The predicted molar refractivity (Wildman–Crippen MR) is 127 cm³/mol. The molecule has 1 unspecified atom stereocenters. The molecule has 0 radical (unpaired) electrons. The van der Waals surface area contributed by atoms with Crippen LogP contribution in [0.4, 0.5) is 5.69 Å². The minimum Gasteiger partial charge on any atom is -0.326 e. The summed E-state index contributed by atoms with van der Waals surface area (Å²) in [5.41, 5.74) is 5.26. The van der Waals surface area contributed by atoms with Crippen LogP contribution in [-0.2, 0) is 4.79 Å². The van der Waals surface area contributed by atoms with Gasteiger partial charge in [-0.2, -0.15) is 5.10 Å². The van der Waals surface area contributed by atoms with E-state index in [1.165, 1.54) is 11.8 Å². The van der Waals surface area contributed by atoms with Gasteiger partial charge in [-0.3, -0.25) is 14.2 Å². The van der Waals surface area contributed by atoms with Crippen molar-refractivity contribution in [3.8, 4) is 5.69 Å². The van der Waals surface area contributed by atoms with Gasteiger partial charge in [0.05, 0.1) is 17.9 Å². The number of benzene rings is 2. The first-order valence-corrected chi connectivity index (χ1v) is 11.5. The lowest BCUT2D eigenvalue weighted by atomic mass is 10.1. The second kappa shape index (κ2) is 7.94. The predicted octanol–water partition coefficient (Wildman–Crippen LogP) is 4.18. The molecule has 1 amide bonds. The Morgan fingerprint density at radius 2 is 1.97 bits per heavy atom. The summed E-state index contributed by atoms with van der Waals surface area (Å²) in [5, 5.41) is 8.50. The van der Waals surface area contributed by atoms with E-state index in [1.807, 2.05) is 63.2 Å². The number of aryl methyl sites for hydroxylation is 3. The summed E-state index contributed by atoms with van der Waals surface area (Å²) in [5.74, 6) is 0.520. The molecular weight excluding hydrogens is 422 g/mol. The van der Waals surface area contributed by atoms with Gasteiger partial charge in [0.25, 0.3) is 5.56 Å². The first-order chi connectivity index (χ1) is 15.4. The number of amides is 1. The van der Waals surface area contributed by atoms with Crippen LogP contribution in [-0.4, -0.2) is 31.0 Å². The molecule has 0 aliphatic carbocycles. The number of rotatable bonds is 4. The molecular formula is C24H23N5O2S. The minimum absolute atomic E-state index is 0.111. The van der Waals surface area contributed by atoms with E-state index in [1.54, 1.807) is 15.4 Å². The van der Waals surface area contributed by atoms with E-state index in [0.717, 1.165) is 28.1 Å². The lowest BCUT2D eigenvalue weighted by Gasteiger charge is -2.14. The van der Waals surface area contributed by atoms with Gasteiger partial charge in [0, 0.05) is 17.9 Å². The molecule has 0 spiro atoms. The Bertz CT molecular complexity index is 1420. The average Bonchev–Trinajstić information content (AvgIpc) is 3.36. The highest BCUT2D eigenvalue weighted by molar-refractivity contribution is 7.99. The van der Waals surface area contributed by atoms with Crippen molar-refractivity contribution in [3.63, 3.8) is 0 Å². The van der Waals surface area contributed by atoms with Gasteiger partial charge in [-0.25, -0.2) is 9.67 Å². The molecule has 2 aromatic heterocycles. The minimum atomic E-state index is -0.244. The van der Waals surface area contributed by atoms with Crippen molar-refractivity contribution in [1.82, 2.24) is 19.3 Å². The van der Waals surface area contributed by atoms with E-state index in [-0.39, 0.29) is 23.9 Å². The third-order valence-electron chi connectivity index (χ3n) is 5.71. The largest absolute Gasteiger partial charge is 0.326 e. The summed E-state index contributed by atoms with van der Waals surface area (Å²) >= 11 is 1.50. The molecule has 1 N–H and O–H groups in total. The van der Waals surface area contributed by atoms with Crippen molar-refractivity contribution in [3.05, 3.63) is 75.7 Å². The highest BCUT2D eigenvalue weighted by Crippen LogP contribution is 2.33. The topological polar surface area (TPSA) is 81.8 Å². The number of nitrogens with zero attached hydrogens (tertiary/aromatic N) is 4. The second-order valence-corrected chi connectivity index (χ2v) is 9.22. The highest BCUT2D eigenvalue weighted by Gasteiger charge is 2.29. The van der Waals surface area contributed by atoms with Gasteiger partial charge in [-0.15, -0.1) is 0 Å². The summed E-state index contributed by atoms with van der Waals surface area (Å²) in [6.07, 6.45) is 1.78. The van der Waals surface area contributed by atoms with Gasteiger partial charge in [-0.1, -0.05) is 36.0 Å². The zero-order valence-electron chi connectivity index (χ0n) is 18.1. The molecule has 2 aromatic carbocycles. The molecule has 1 aliphatic rings. The Morgan fingerprint density at radius 3 is 2.78 bits per heavy atom. The standard InChI is InChI=1S/C24H23N5O2S/c1-14-5-4-6-17(9-14)29-22-19(12-25-29)23(31)28-18(13-32-24(28)27-22)11-21(30)26-20-10-15(2)7-8-16(20)3/h4-10,12,18H,11,13H2,1-3H3,(H,26,30). The molecule has 0 saturated carbocycles. The highest BCUT2D eigenvalue weighted by atomic mass is 32.2. The van der Waals surface area contributed by atoms with Gasteiger partial charge in [0.1, 0.15) is 5.39 Å². The van der Waals surface area contributed by atoms with Gasteiger partial charge in [0.2, 0.25) is 5.91 Å². The molecule has 0 fully saturated rings. The van der Waals surface area contributed by atoms with Gasteiger partial charge in [-0.05, 0) is 55.7 Å². The van der Waals surface area contributed by atoms with Crippen molar-refractivity contribution in [2.75, 3.05) is 11.1 Å². The first-order valence-electron chi connectivity index (χ1n) is 10.5. The maximum atomic E-state index is 13.3. The quantitative estimate of drug-likeness (QED) is 0.477. The molecule has 3 heterocycles. The van der Waals surface area contributed by atoms with E-state index < -0.39 is 0 Å². The van der Waals surface area contributed by atoms with Crippen molar-refractivity contribution < 1.29 is 4.79 Å². The fourth-order valence-corrected chi connectivity index (χ4v) is 5.15. The number of hydrogen-bond acceptors (Lipinski definition) is 5. The van der Waals surface area contributed by atoms with Crippen molar-refractivity contribution in [2.45, 2.75) is 38.4 Å². The molecule has 162 valence electrons. The normalized spacial score (nSPS) is 15.2. The van der Waals surface area contributed by atoms with E-state index in [2.05, 4.69) is 10.4 Å². The number of thioether (sulfide) groups is 1. The number of hydrogen-bond donors (Lipinski definition) is 1. The summed E-state index contributed by atoms with van der Waals surface area (Å²) < 4.78 is 3.35. The van der Waals surface area contributed by atoms with Crippen LogP contribution < -0.4 is 10.9 Å². The Morgan fingerprint density at radius 1 is 1.16 bits per heavy atom. The number of anilines is 1. The molecule has 0 saturated heterocycles. The Hall–Kier alpha value is -3.39. The molecule has 8 heteroatoms. The summed E-state index contributed by atoms with van der Waals surface area (Å²) in [6.45, 7) is 5.97. The maximum absolute atomic E-state index is 13.3. The van der Waals surface area contributed by atoms with Gasteiger partial charge >= 0.3 is 0 Å². The molecule has 5 rings (SSSR count). The van der Waals surface area contributed by atoms with Crippen LogP contribution in [0.15, 0.2) is 58.6 Å². The van der Waals surface area contributed by atoms with E-state index >= 15 is 0 Å². The maximum Gasteiger partial charge on any atom is 0.265 e. The fourth-order valence-electron chi connectivity index (χ4n) is 4.02. The lowest BCUT2D eigenvalue weighted by Crippen LogP contribution is -2.27. The van der Waals surface area contributed by atoms with Crippen molar-refractivity contribution in [1.29, 1.82) is 0 Å². The number of aromatic nitrogens is 4. The van der Waals surface area contributed by atoms with Crippen LogP contribution in [0.1, 0.15) is 29.2 Å².